The number of aryl methyl sites for hydroxylation is 1. The fraction of sp³-hybridized carbons (Fsp3) is 0.444. The fourth-order valence-electron chi connectivity index (χ4n) is 3.05. The molecule has 26 heavy (non-hydrogen) atoms. The molecule has 138 valence electrons. The van der Waals surface area contributed by atoms with Crippen molar-refractivity contribution in [1.82, 2.24) is 20.4 Å². The molecule has 0 radical (unpaired) electrons. The Morgan fingerprint density at radius 2 is 2.23 bits per heavy atom. The van der Waals surface area contributed by atoms with E-state index in [9.17, 15) is 9.59 Å². The summed E-state index contributed by atoms with van der Waals surface area (Å²) in [6.07, 6.45) is 1.88. The minimum Gasteiger partial charge on any atom is -0.453 e. The molecule has 0 spiro atoms. The van der Waals surface area contributed by atoms with Gasteiger partial charge in [-0.15, -0.1) is 0 Å². The van der Waals surface area contributed by atoms with Gasteiger partial charge in [-0.25, -0.2) is 4.79 Å². The first-order valence-corrected chi connectivity index (χ1v) is 8.60. The highest BCUT2D eigenvalue weighted by Gasteiger charge is 2.32. The first kappa shape index (κ1) is 17.9. The van der Waals surface area contributed by atoms with E-state index in [2.05, 4.69) is 15.5 Å². The first-order valence-electron chi connectivity index (χ1n) is 8.60. The normalized spacial score (nSPS) is 17.0. The predicted molar refractivity (Wildman–Crippen MR) is 93.1 cm³/mol. The zero-order valence-corrected chi connectivity index (χ0v) is 14.9. The fourth-order valence-corrected chi connectivity index (χ4v) is 3.05. The minimum atomic E-state index is -0.532. The van der Waals surface area contributed by atoms with Gasteiger partial charge in [0.25, 0.3) is 0 Å². The molecule has 0 saturated carbocycles. The number of hydrogen-bond donors (Lipinski definition) is 1. The van der Waals surface area contributed by atoms with Crippen LogP contribution >= 0.6 is 0 Å². The van der Waals surface area contributed by atoms with Crippen molar-refractivity contribution in [2.45, 2.75) is 38.8 Å². The number of amides is 2. The van der Waals surface area contributed by atoms with Crippen LogP contribution in [-0.4, -0.2) is 46.7 Å². The molecule has 0 bridgehead atoms. The Morgan fingerprint density at radius 1 is 1.38 bits per heavy atom. The van der Waals surface area contributed by atoms with Crippen molar-refractivity contribution < 1.29 is 18.8 Å². The second-order valence-electron chi connectivity index (χ2n) is 6.27. The van der Waals surface area contributed by atoms with E-state index >= 15 is 0 Å². The molecule has 0 aliphatic carbocycles. The molecule has 8 heteroatoms. The summed E-state index contributed by atoms with van der Waals surface area (Å²) in [6, 6.07) is 7.24. The number of hydrogen-bond acceptors (Lipinski definition) is 6. The third-order valence-corrected chi connectivity index (χ3v) is 4.37. The summed E-state index contributed by atoms with van der Waals surface area (Å²) in [7, 11) is 1.32. The van der Waals surface area contributed by atoms with Gasteiger partial charge in [0.05, 0.1) is 13.7 Å². The monoisotopic (exact) mass is 358 g/mol. The van der Waals surface area contributed by atoms with Crippen LogP contribution in [0.1, 0.15) is 30.7 Å². The van der Waals surface area contributed by atoms with Gasteiger partial charge in [-0.1, -0.05) is 28.9 Å². The van der Waals surface area contributed by atoms with Crippen molar-refractivity contribution in [3.63, 3.8) is 0 Å². The molecule has 1 aliphatic rings. The third kappa shape index (κ3) is 4.01. The smallest absolute Gasteiger partial charge is 0.410 e. The number of nitrogens with one attached hydrogen (secondary N) is 1. The topological polar surface area (TPSA) is 97.6 Å². The molecule has 2 heterocycles. The summed E-state index contributed by atoms with van der Waals surface area (Å²) in [5, 5.41) is 6.72. The summed E-state index contributed by atoms with van der Waals surface area (Å²) in [4.78, 5) is 30.1. The predicted octanol–water partition coefficient (Wildman–Crippen LogP) is 2.28. The number of carbonyl (C=O) groups is 2. The Kier molecular flexibility index (Phi) is 5.50. The molecule has 1 aliphatic heterocycles. The lowest BCUT2D eigenvalue weighted by atomic mass is 10.0. The van der Waals surface area contributed by atoms with Crippen molar-refractivity contribution in [2.75, 3.05) is 13.7 Å². The Hall–Kier alpha value is -2.90. The second-order valence-corrected chi connectivity index (χ2v) is 6.27. The van der Waals surface area contributed by atoms with Gasteiger partial charge in [0.15, 0.2) is 0 Å². The lowest BCUT2D eigenvalue weighted by Crippen LogP contribution is -2.51. The van der Waals surface area contributed by atoms with Crippen molar-refractivity contribution >= 4 is 12.0 Å². The molecule has 2 amide bonds. The molecule has 1 atom stereocenters. The summed E-state index contributed by atoms with van der Waals surface area (Å²) >= 11 is 0. The zero-order chi connectivity index (χ0) is 18.5. The lowest BCUT2D eigenvalue weighted by Gasteiger charge is -2.33. The number of ether oxygens (including phenoxy) is 1. The van der Waals surface area contributed by atoms with Gasteiger partial charge in [0.1, 0.15) is 6.04 Å². The van der Waals surface area contributed by atoms with Crippen LogP contribution < -0.4 is 5.32 Å². The van der Waals surface area contributed by atoms with Crippen LogP contribution in [0.15, 0.2) is 28.8 Å². The van der Waals surface area contributed by atoms with E-state index in [0.29, 0.717) is 24.7 Å². The molecule has 1 aromatic carbocycles. The van der Waals surface area contributed by atoms with E-state index in [1.54, 1.807) is 0 Å². The number of nitrogens with zero attached hydrogens (tertiary/aromatic N) is 3. The number of benzene rings is 1. The van der Waals surface area contributed by atoms with E-state index in [-0.39, 0.29) is 12.5 Å². The summed E-state index contributed by atoms with van der Waals surface area (Å²) < 4.78 is 9.97. The molecule has 1 aromatic heterocycles. The molecule has 1 saturated heterocycles. The summed E-state index contributed by atoms with van der Waals surface area (Å²) in [5.74, 6) is 0.549. The van der Waals surface area contributed by atoms with Crippen molar-refractivity contribution in [1.29, 1.82) is 0 Å². The molecule has 3 rings (SSSR count). The molecule has 8 nitrogen and oxygen atoms in total. The highest BCUT2D eigenvalue weighted by atomic mass is 16.5. The van der Waals surface area contributed by atoms with Crippen LogP contribution in [0.3, 0.4) is 0 Å². The average molecular weight is 358 g/mol. The van der Waals surface area contributed by atoms with Gasteiger partial charge in [-0.3, -0.25) is 9.69 Å². The van der Waals surface area contributed by atoms with Gasteiger partial charge in [-0.05, 0) is 32.3 Å². The maximum Gasteiger partial charge on any atom is 0.410 e. The Bertz CT molecular complexity index is 789. The van der Waals surface area contributed by atoms with Crippen molar-refractivity contribution in [3.8, 4) is 11.4 Å². The van der Waals surface area contributed by atoms with Gasteiger partial charge >= 0.3 is 6.09 Å². The Labute approximate surface area is 151 Å². The number of methoxy groups -OCH3 is 1. The van der Waals surface area contributed by atoms with Gasteiger partial charge in [-0.2, -0.15) is 4.98 Å². The van der Waals surface area contributed by atoms with E-state index < -0.39 is 12.1 Å². The Balaban J connectivity index is 1.62. The number of aromatic nitrogens is 2. The van der Waals surface area contributed by atoms with E-state index in [0.717, 1.165) is 24.0 Å². The van der Waals surface area contributed by atoms with Crippen molar-refractivity contribution in [2.24, 2.45) is 0 Å². The van der Waals surface area contributed by atoms with Crippen LogP contribution in [-0.2, 0) is 16.1 Å². The van der Waals surface area contributed by atoms with Crippen LogP contribution in [0.5, 0.6) is 0 Å². The van der Waals surface area contributed by atoms with Gasteiger partial charge in [0.2, 0.25) is 17.6 Å². The van der Waals surface area contributed by atoms with Gasteiger partial charge < -0.3 is 14.6 Å². The number of piperidine rings is 1. The molecular formula is C18H22N4O4. The zero-order valence-electron chi connectivity index (χ0n) is 14.9. The summed E-state index contributed by atoms with van der Waals surface area (Å²) in [5.41, 5.74) is 1.96. The van der Waals surface area contributed by atoms with Gasteiger partial charge in [0, 0.05) is 12.1 Å². The number of likely N-dealkylation sites (tertiary alicyclic amines) is 1. The van der Waals surface area contributed by atoms with Crippen LogP contribution in [0.4, 0.5) is 4.79 Å². The highest BCUT2D eigenvalue weighted by molar-refractivity contribution is 5.85. The van der Waals surface area contributed by atoms with E-state index in [1.807, 2.05) is 31.2 Å². The van der Waals surface area contributed by atoms with Crippen LogP contribution in [0.25, 0.3) is 11.4 Å². The molecular weight excluding hydrogens is 336 g/mol. The van der Waals surface area contributed by atoms with E-state index in [1.165, 1.54) is 12.0 Å². The largest absolute Gasteiger partial charge is 0.453 e. The second kappa shape index (κ2) is 7.99. The highest BCUT2D eigenvalue weighted by Crippen LogP contribution is 2.19. The minimum absolute atomic E-state index is 0.114. The van der Waals surface area contributed by atoms with Crippen LogP contribution in [0, 0.1) is 6.92 Å². The molecule has 1 fully saturated rings. The maximum absolute atomic E-state index is 12.5. The molecule has 1 unspecified atom stereocenters. The first-order chi connectivity index (χ1) is 12.6. The standard InChI is InChI=1S/C18H22N4O4/c1-12-6-5-7-13(10-12)16-20-15(26-21-16)11-19-17(23)14-8-3-4-9-22(14)18(24)25-2/h5-7,10,14H,3-4,8-9,11H2,1-2H3,(H,19,23). The number of rotatable bonds is 4. The average Bonchev–Trinajstić information content (AvgIpc) is 3.14. The number of carbonyl (C=O) groups excluding carboxylic acids is 2. The molecule has 2 aromatic rings. The molecule has 1 N–H and O–H groups in total. The van der Waals surface area contributed by atoms with E-state index in [4.69, 9.17) is 9.26 Å². The summed E-state index contributed by atoms with van der Waals surface area (Å²) in [6.45, 7) is 2.62. The SMILES string of the molecule is COC(=O)N1CCCCC1C(=O)NCc1nc(-c2cccc(C)c2)no1. The van der Waals surface area contributed by atoms with Crippen molar-refractivity contribution in [3.05, 3.63) is 35.7 Å². The third-order valence-electron chi connectivity index (χ3n) is 4.37. The van der Waals surface area contributed by atoms with Crippen LogP contribution in [0.2, 0.25) is 0 Å². The Morgan fingerprint density at radius 3 is 3.00 bits per heavy atom. The maximum atomic E-state index is 12.5. The quantitative estimate of drug-likeness (QED) is 0.900. The lowest BCUT2D eigenvalue weighted by molar-refractivity contribution is -0.127.